The number of aliphatic hydroxyl groups excluding tert-OH is 2. The van der Waals surface area contributed by atoms with Crippen molar-refractivity contribution in [2.24, 2.45) is 0 Å². The molecule has 1 aliphatic heterocycles. The Bertz CT molecular complexity index is 1030. The van der Waals surface area contributed by atoms with Crippen molar-refractivity contribution < 1.29 is 24.0 Å². The second-order valence-electron chi connectivity index (χ2n) is 5.77. The first kappa shape index (κ1) is 17.7. The molecule has 0 unspecified atom stereocenters. The molecule has 4 rings (SSSR count). The van der Waals surface area contributed by atoms with Gasteiger partial charge < -0.3 is 20.7 Å². The molecular formula is C13H14N7O6P. The fourth-order valence-corrected chi connectivity index (χ4v) is 3.16. The number of nitrogens with zero attached hydrogens (tertiary/aromatic N) is 6. The van der Waals surface area contributed by atoms with Crippen molar-refractivity contribution in [3.63, 3.8) is 0 Å². The Balaban J connectivity index is 1.76. The maximum Gasteiger partial charge on any atom is 0.327 e. The maximum absolute atomic E-state index is 12.7. The minimum atomic E-state index is -1.35. The Kier molecular flexibility index (Phi) is 4.45. The summed E-state index contributed by atoms with van der Waals surface area (Å²) in [5.41, 5.74) is 5.43. The van der Waals surface area contributed by atoms with Crippen LogP contribution in [0.5, 0.6) is 0 Å². The van der Waals surface area contributed by atoms with Gasteiger partial charge in [-0.2, -0.15) is 9.66 Å². The molecule has 1 saturated heterocycles. The molecule has 13 nitrogen and oxygen atoms in total. The highest BCUT2D eigenvalue weighted by atomic mass is 31.1. The molecule has 4 N–H and O–H groups in total. The maximum atomic E-state index is 12.7. The number of fused-ring (bicyclic) bond motifs is 1. The van der Waals surface area contributed by atoms with E-state index in [0.717, 1.165) is 4.68 Å². The molecule has 142 valence electrons. The predicted molar refractivity (Wildman–Crippen MR) is 88.7 cm³/mol. The first-order valence-corrected chi connectivity index (χ1v) is 8.46. The van der Waals surface area contributed by atoms with E-state index < -0.39 is 38.8 Å². The molecule has 14 heteroatoms. The third kappa shape index (κ3) is 2.81. The van der Waals surface area contributed by atoms with E-state index in [2.05, 4.69) is 19.5 Å². The molecule has 4 atom stereocenters. The highest BCUT2D eigenvalue weighted by Gasteiger charge is 2.44. The van der Waals surface area contributed by atoms with Crippen LogP contribution in [0.4, 0.5) is 5.95 Å². The minimum absolute atomic E-state index is 0.0130. The molecule has 1 fully saturated rings. The van der Waals surface area contributed by atoms with Gasteiger partial charge >= 0.3 is 14.2 Å². The van der Waals surface area contributed by atoms with Gasteiger partial charge in [0.25, 0.3) is 0 Å². The minimum Gasteiger partial charge on any atom is -0.387 e. The smallest absolute Gasteiger partial charge is 0.327 e. The van der Waals surface area contributed by atoms with Gasteiger partial charge in [-0.1, -0.05) is 0 Å². The zero-order valence-electron chi connectivity index (χ0n) is 13.6. The molecular weight excluding hydrogens is 381 g/mol. The summed E-state index contributed by atoms with van der Waals surface area (Å²) in [6.45, 7) is -0.199. The van der Waals surface area contributed by atoms with Crippen molar-refractivity contribution in [3.05, 3.63) is 35.4 Å². The third-order valence-corrected chi connectivity index (χ3v) is 4.48. The van der Waals surface area contributed by atoms with Crippen LogP contribution in [0.3, 0.4) is 0 Å². The summed E-state index contributed by atoms with van der Waals surface area (Å²) >= 11 is 0. The van der Waals surface area contributed by atoms with Crippen molar-refractivity contribution in [3.8, 4) is 0 Å². The number of rotatable bonds is 5. The number of aromatic nitrogens is 6. The summed E-state index contributed by atoms with van der Waals surface area (Å²) in [5.74, 6) is -0.134. The molecule has 0 radical (unpaired) electrons. The van der Waals surface area contributed by atoms with Gasteiger partial charge in [0.2, 0.25) is 5.95 Å². The highest BCUT2D eigenvalue weighted by Crippen LogP contribution is 2.31. The SMILES string of the molecule is Nc1nc2c(ncn2[C@@H]2O[C@H](COP=O)[C@@H](O)[C@H]2O)c(=O)n1-n1ccnc1. The van der Waals surface area contributed by atoms with Gasteiger partial charge in [-0.05, 0) is 0 Å². The van der Waals surface area contributed by atoms with Crippen LogP contribution in [0.15, 0.2) is 29.8 Å². The Labute approximate surface area is 151 Å². The van der Waals surface area contributed by atoms with Crippen LogP contribution in [0.25, 0.3) is 11.2 Å². The van der Waals surface area contributed by atoms with Crippen molar-refractivity contribution >= 4 is 25.8 Å². The van der Waals surface area contributed by atoms with E-state index in [0.29, 0.717) is 0 Å². The van der Waals surface area contributed by atoms with Crippen LogP contribution in [0.2, 0.25) is 0 Å². The van der Waals surface area contributed by atoms with E-state index in [1.54, 1.807) is 0 Å². The summed E-state index contributed by atoms with van der Waals surface area (Å²) < 4.78 is 24.4. The molecule has 0 aromatic carbocycles. The Morgan fingerprint density at radius 2 is 2.15 bits per heavy atom. The number of hydrogen-bond donors (Lipinski definition) is 3. The van der Waals surface area contributed by atoms with Crippen molar-refractivity contribution in [2.45, 2.75) is 24.5 Å². The summed E-state index contributed by atoms with van der Waals surface area (Å²) in [6.07, 6.45) is 0.973. The fourth-order valence-electron chi connectivity index (χ4n) is 2.96. The molecule has 0 bridgehead atoms. The molecule has 3 aromatic heterocycles. The number of hydrogen-bond acceptors (Lipinski definition) is 10. The van der Waals surface area contributed by atoms with Gasteiger partial charge in [0.05, 0.1) is 12.9 Å². The van der Waals surface area contributed by atoms with E-state index >= 15 is 0 Å². The average Bonchev–Trinajstić information content (AvgIpc) is 3.36. The van der Waals surface area contributed by atoms with Gasteiger partial charge in [0.1, 0.15) is 24.6 Å². The number of aliphatic hydroxyl groups is 2. The monoisotopic (exact) mass is 395 g/mol. The van der Waals surface area contributed by atoms with Crippen LogP contribution in [0.1, 0.15) is 6.23 Å². The van der Waals surface area contributed by atoms with Gasteiger partial charge in [-0.3, -0.25) is 13.9 Å². The first-order chi connectivity index (χ1) is 13.0. The number of imidazole rings is 2. The lowest BCUT2D eigenvalue weighted by Gasteiger charge is -2.17. The standard InChI is InChI=1S/C13H14N7O6P/c14-13-17-10-7(11(23)20(13)18-2-1-15-4-18)16-5-19(10)12-9(22)8(21)6(26-12)3-25-27-24/h1-2,4-6,8-9,12,21-22H,3H2,(H2,14,17)/t6-,8-,9-,12-/m1/s1. The summed E-state index contributed by atoms with van der Waals surface area (Å²) in [5, 5.41) is 20.4. The Morgan fingerprint density at radius 3 is 2.85 bits per heavy atom. The summed E-state index contributed by atoms with van der Waals surface area (Å²) in [6, 6.07) is 0. The molecule has 1 aliphatic rings. The average molecular weight is 395 g/mol. The second-order valence-corrected chi connectivity index (χ2v) is 6.18. The Hall–Kier alpha value is -2.70. The van der Waals surface area contributed by atoms with Crippen LogP contribution < -0.4 is 11.3 Å². The lowest BCUT2D eigenvalue weighted by molar-refractivity contribution is -0.0461. The van der Waals surface area contributed by atoms with Crippen LogP contribution in [0, 0.1) is 0 Å². The van der Waals surface area contributed by atoms with Crippen molar-refractivity contribution in [2.75, 3.05) is 12.3 Å². The van der Waals surface area contributed by atoms with Gasteiger partial charge in [-0.25, -0.2) is 19.2 Å². The van der Waals surface area contributed by atoms with E-state index in [1.807, 2.05) is 0 Å². The van der Waals surface area contributed by atoms with E-state index in [1.165, 1.54) is 34.3 Å². The normalized spacial score (nSPS) is 25.6. The van der Waals surface area contributed by atoms with Gasteiger partial charge in [0, 0.05) is 12.4 Å². The topological polar surface area (TPSA) is 173 Å². The van der Waals surface area contributed by atoms with Crippen LogP contribution >= 0.6 is 8.69 Å². The summed E-state index contributed by atoms with van der Waals surface area (Å²) in [7, 11) is -0.574. The van der Waals surface area contributed by atoms with E-state index in [-0.39, 0.29) is 23.7 Å². The number of nitrogen functional groups attached to an aromatic ring is 1. The lowest BCUT2D eigenvalue weighted by Crippen LogP contribution is -2.33. The molecule has 0 spiro atoms. The quantitative estimate of drug-likeness (QED) is 0.433. The molecule has 0 amide bonds. The Morgan fingerprint density at radius 1 is 1.33 bits per heavy atom. The second kappa shape index (κ2) is 6.79. The van der Waals surface area contributed by atoms with Gasteiger partial charge in [-0.15, -0.1) is 0 Å². The van der Waals surface area contributed by atoms with E-state index in [9.17, 15) is 19.6 Å². The number of ether oxygens (including phenoxy) is 1. The van der Waals surface area contributed by atoms with Gasteiger partial charge in [0.15, 0.2) is 17.4 Å². The van der Waals surface area contributed by atoms with Crippen molar-refractivity contribution in [1.29, 1.82) is 0 Å². The highest BCUT2D eigenvalue weighted by molar-refractivity contribution is 7.17. The zero-order valence-corrected chi connectivity index (χ0v) is 14.5. The molecule has 27 heavy (non-hydrogen) atoms. The van der Waals surface area contributed by atoms with Crippen molar-refractivity contribution in [1.82, 2.24) is 28.9 Å². The fraction of sp³-hybridized carbons (Fsp3) is 0.385. The molecule has 0 saturated carbocycles. The molecule has 3 aromatic rings. The largest absolute Gasteiger partial charge is 0.387 e. The van der Waals surface area contributed by atoms with E-state index in [4.69, 9.17) is 10.5 Å². The third-order valence-electron chi connectivity index (χ3n) is 4.22. The molecule has 4 heterocycles. The van der Waals surface area contributed by atoms with Crippen LogP contribution in [-0.4, -0.2) is 64.0 Å². The zero-order chi connectivity index (χ0) is 19.1. The summed E-state index contributed by atoms with van der Waals surface area (Å²) in [4.78, 5) is 24.8. The first-order valence-electron chi connectivity index (χ1n) is 7.73. The lowest BCUT2D eigenvalue weighted by atomic mass is 10.1. The van der Waals surface area contributed by atoms with Crippen LogP contribution in [-0.2, 0) is 13.8 Å². The number of anilines is 1. The number of nitrogens with two attached hydrogens (primary N) is 1. The predicted octanol–water partition coefficient (Wildman–Crippen LogP) is -1.47. The molecule has 0 aliphatic carbocycles.